The maximum absolute atomic E-state index is 12.5. The van der Waals surface area contributed by atoms with Gasteiger partial charge >= 0.3 is 0 Å². The van der Waals surface area contributed by atoms with Gasteiger partial charge in [-0.15, -0.1) is 0 Å². The molecule has 6 heteroatoms. The van der Waals surface area contributed by atoms with Gasteiger partial charge in [0.25, 0.3) is 0 Å². The van der Waals surface area contributed by atoms with E-state index in [-0.39, 0.29) is 11.8 Å². The Morgan fingerprint density at radius 3 is 2.24 bits per heavy atom. The smallest absolute Gasteiger partial charge is 0.227 e. The normalized spacial score (nSPS) is 14.3. The maximum Gasteiger partial charge on any atom is 0.227 e. The number of aromatic nitrogens is 1. The summed E-state index contributed by atoms with van der Waals surface area (Å²) in [6.45, 7) is 4.59. The molecule has 6 nitrogen and oxygen atoms in total. The number of hydrogen-bond acceptors (Lipinski definition) is 4. The van der Waals surface area contributed by atoms with E-state index in [1.165, 1.54) is 6.92 Å². The Morgan fingerprint density at radius 2 is 1.64 bits per heavy atom. The highest BCUT2D eigenvalue weighted by molar-refractivity contribution is 5.88. The summed E-state index contributed by atoms with van der Waals surface area (Å²) in [5, 5.41) is 2.72. The Kier molecular flexibility index (Phi) is 5.28. The summed E-state index contributed by atoms with van der Waals surface area (Å²) in [4.78, 5) is 31.8. The molecule has 0 atom stereocenters. The SMILES string of the molecule is CC(=O)Nc1ccc(CC(=O)N2CCN(c3ccncc3)CC2)cc1. The number of rotatable bonds is 4. The van der Waals surface area contributed by atoms with Crippen LogP contribution in [0.5, 0.6) is 0 Å². The van der Waals surface area contributed by atoms with Crippen molar-refractivity contribution in [3.63, 3.8) is 0 Å². The van der Waals surface area contributed by atoms with Crippen LogP contribution in [-0.2, 0) is 16.0 Å². The van der Waals surface area contributed by atoms with Gasteiger partial charge in [-0.3, -0.25) is 14.6 Å². The van der Waals surface area contributed by atoms with Gasteiger partial charge in [0.05, 0.1) is 6.42 Å². The summed E-state index contributed by atoms with van der Waals surface area (Å²) in [6, 6.07) is 11.4. The largest absolute Gasteiger partial charge is 0.368 e. The topological polar surface area (TPSA) is 65.5 Å². The zero-order valence-electron chi connectivity index (χ0n) is 14.3. The van der Waals surface area contributed by atoms with Crippen molar-refractivity contribution in [2.45, 2.75) is 13.3 Å². The lowest BCUT2D eigenvalue weighted by molar-refractivity contribution is -0.130. The van der Waals surface area contributed by atoms with Crippen molar-refractivity contribution in [1.82, 2.24) is 9.88 Å². The molecule has 0 saturated carbocycles. The summed E-state index contributed by atoms with van der Waals surface area (Å²) in [5.41, 5.74) is 2.85. The summed E-state index contributed by atoms with van der Waals surface area (Å²) >= 11 is 0. The molecule has 1 N–H and O–H groups in total. The van der Waals surface area contributed by atoms with Gasteiger partial charge in [0, 0.05) is 56.9 Å². The van der Waals surface area contributed by atoms with Crippen LogP contribution in [0.2, 0.25) is 0 Å². The number of nitrogens with zero attached hydrogens (tertiary/aromatic N) is 3. The van der Waals surface area contributed by atoms with Crippen molar-refractivity contribution in [3.8, 4) is 0 Å². The van der Waals surface area contributed by atoms with Crippen molar-refractivity contribution < 1.29 is 9.59 Å². The molecular weight excluding hydrogens is 316 g/mol. The molecule has 1 aliphatic rings. The molecule has 0 bridgehead atoms. The van der Waals surface area contributed by atoms with E-state index < -0.39 is 0 Å². The number of carbonyl (C=O) groups is 2. The second-order valence-electron chi connectivity index (χ2n) is 6.13. The molecule has 25 heavy (non-hydrogen) atoms. The maximum atomic E-state index is 12.5. The van der Waals surface area contributed by atoms with E-state index in [0.717, 1.165) is 43.1 Å². The molecule has 1 aromatic heterocycles. The summed E-state index contributed by atoms with van der Waals surface area (Å²) in [7, 11) is 0. The van der Waals surface area contributed by atoms with Crippen molar-refractivity contribution in [2.24, 2.45) is 0 Å². The highest BCUT2D eigenvalue weighted by atomic mass is 16.2. The fraction of sp³-hybridized carbons (Fsp3) is 0.316. The first-order valence-electron chi connectivity index (χ1n) is 8.41. The Morgan fingerprint density at radius 1 is 1.00 bits per heavy atom. The van der Waals surface area contributed by atoms with Gasteiger partial charge in [-0.1, -0.05) is 12.1 Å². The Bertz CT molecular complexity index is 723. The number of hydrogen-bond donors (Lipinski definition) is 1. The average molecular weight is 338 g/mol. The van der Waals surface area contributed by atoms with Gasteiger partial charge < -0.3 is 15.1 Å². The van der Waals surface area contributed by atoms with Crippen molar-refractivity contribution in [1.29, 1.82) is 0 Å². The third-order valence-corrected chi connectivity index (χ3v) is 4.29. The molecule has 2 aromatic rings. The molecule has 3 rings (SSSR count). The fourth-order valence-corrected chi connectivity index (χ4v) is 2.96. The zero-order valence-corrected chi connectivity index (χ0v) is 14.3. The van der Waals surface area contributed by atoms with E-state index in [0.29, 0.717) is 6.42 Å². The highest BCUT2D eigenvalue weighted by Crippen LogP contribution is 2.16. The van der Waals surface area contributed by atoms with Gasteiger partial charge in [0.2, 0.25) is 11.8 Å². The summed E-state index contributed by atoms with van der Waals surface area (Å²) in [5.74, 6) is 0.0394. The molecule has 1 aliphatic heterocycles. The molecule has 0 radical (unpaired) electrons. The minimum absolute atomic E-state index is 0.101. The third-order valence-electron chi connectivity index (χ3n) is 4.29. The second kappa shape index (κ2) is 7.79. The molecule has 2 heterocycles. The lowest BCUT2D eigenvalue weighted by Crippen LogP contribution is -2.49. The number of pyridine rings is 1. The van der Waals surface area contributed by atoms with Crippen LogP contribution in [-0.4, -0.2) is 47.9 Å². The first kappa shape index (κ1) is 17.0. The predicted molar refractivity (Wildman–Crippen MR) is 97.5 cm³/mol. The van der Waals surface area contributed by atoms with E-state index in [4.69, 9.17) is 0 Å². The first-order chi connectivity index (χ1) is 12.1. The van der Waals surface area contributed by atoms with Crippen LogP contribution in [0, 0.1) is 0 Å². The molecule has 1 fully saturated rings. The van der Waals surface area contributed by atoms with E-state index in [1.54, 1.807) is 12.4 Å². The third kappa shape index (κ3) is 4.56. The Balaban J connectivity index is 1.52. The van der Waals surface area contributed by atoms with E-state index in [1.807, 2.05) is 41.3 Å². The standard InChI is InChI=1S/C19H22N4O2/c1-15(24)21-17-4-2-16(3-5-17)14-19(25)23-12-10-22(11-13-23)18-6-8-20-9-7-18/h2-9H,10-14H2,1H3,(H,21,24). The molecule has 1 aromatic carbocycles. The zero-order chi connectivity index (χ0) is 17.6. The number of nitrogens with one attached hydrogen (secondary N) is 1. The number of benzene rings is 1. The van der Waals surface area contributed by atoms with Crippen LogP contribution >= 0.6 is 0 Å². The monoisotopic (exact) mass is 338 g/mol. The lowest BCUT2D eigenvalue weighted by atomic mass is 10.1. The molecule has 1 saturated heterocycles. The number of amides is 2. The van der Waals surface area contributed by atoms with Crippen molar-refractivity contribution in [3.05, 3.63) is 54.4 Å². The Hall–Kier alpha value is -2.89. The molecule has 0 unspecified atom stereocenters. The van der Waals surface area contributed by atoms with E-state index in [9.17, 15) is 9.59 Å². The minimum Gasteiger partial charge on any atom is -0.368 e. The van der Waals surface area contributed by atoms with Gasteiger partial charge in [-0.2, -0.15) is 0 Å². The quantitative estimate of drug-likeness (QED) is 0.925. The number of carbonyl (C=O) groups excluding carboxylic acids is 2. The van der Waals surface area contributed by atoms with E-state index in [2.05, 4.69) is 15.2 Å². The minimum atomic E-state index is -0.101. The molecule has 130 valence electrons. The van der Waals surface area contributed by atoms with Crippen LogP contribution < -0.4 is 10.2 Å². The molecule has 0 spiro atoms. The van der Waals surface area contributed by atoms with Crippen LogP contribution in [0.3, 0.4) is 0 Å². The Labute approximate surface area is 147 Å². The summed E-state index contributed by atoms with van der Waals surface area (Å²) in [6.07, 6.45) is 3.96. The van der Waals surface area contributed by atoms with Gasteiger partial charge in [0.15, 0.2) is 0 Å². The number of anilines is 2. The molecular formula is C19H22N4O2. The molecule has 2 amide bonds. The van der Waals surface area contributed by atoms with Crippen LogP contribution in [0.25, 0.3) is 0 Å². The first-order valence-corrected chi connectivity index (χ1v) is 8.41. The van der Waals surface area contributed by atoms with E-state index >= 15 is 0 Å². The van der Waals surface area contributed by atoms with Crippen LogP contribution in [0.1, 0.15) is 12.5 Å². The van der Waals surface area contributed by atoms with Crippen LogP contribution in [0.15, 0.2) is 48.8 Å². The van der Waals surface area contributed by atoms with Gasteiger partial charge in [0.1, 0.15) is 0 Å². The fourth-order valence-electron chi connectivity index (χ4n) is 2.96. The van der Waals surface area contributed by atoms with Crippen LogP contribution in [0.4, 0.5) is 11.4 Å². The van der Waals surface area contributed by atoms with Gasteiger partial charge in [-0.25, -0.2) is 0 Å². The lowest BCUT2D eigenvalue weighted by Gasteiger charge is -2.36. The number of piperazine rings is 1. The highest BCUT2D eigenvalue weighted by Gasteiger charge is 2.21. The van der Waals surface area contributed by atoms with Crippen molar-refractivity contribution >= 4 is 23.2 Å². The predicted octanol–water partition coefficient (Wildman–Crippen LogP) is 1.93. The second-order valence-corrected chi connectivity index (χ2v) is 6.13. The molecule has 0 aliphatic carbocycles. The average Bonchev–Trinajstić information content (AvgIpc) is 2.64. The van der Waals surface area contributed by atoms with Gasteiger partial charge in [-0.05, 0) is 29.8 Å². The van der Waals surface area contributed by atoms with Crippen molar-refractivity contribution in [2.75, 3.05) is 36.4 Å². The summed E-state index contributed by atoms with van der Waals surface area (Å²) < 4.78 is 0.